The van der Waals surface area contributed by atoms with Gasteiger partial charge < -0.3 is 0 Å². The molecule has 0 heterocycles. The summed E-state index contributed by atoms with van der Waals surface area (Å²) in [5, 5.41) is 8.06. The van der Waals surface area contributed by atoms with Crippen LogP contribution in [0.5, 0.6) is 0 Å². The van der Waals surface area contributed by atoms with Gasteiger partial charge in [0.25, 0.3) is 0 Å². The first-order valence-corrected chi connectivity index (χ1v) is 1.58. The molecule has 0 fully saturated rings. The maximum atomic E-state index is 8.94. The van der Waals surface area contributed by atoms with E-state index in [-0.39, 0.29) is 0 Å². The van der Waals surface area contributed by atoms with Crippen LogP contribution in [0, 0.1) is 10.1 Å². The summed E-state index contributed by atoms with van der Waals surface area (Å²) in [6.07, 6.45) is 0. The van der Waals surface area contributed by atoms with Crippen molar-refractivity contribution < 1.29 is 8.25 Å². The highest BCUT2D eigenvalue weighted by Gasteiger charge is 1.79. The summed E-state index contributed by atoms with van der Waals surface area (Å²) in [5.41, 5.74) is 0. The Morgan fingerprint density at radius 1 is 2.00 bits per heavy atom. The van der Waals surface area contributed by atoms with Crippen LogP contribution in [0.2, 0.25) is 0 Å². The van der Waals surface area contributed by atoms with Crippen LogP contribution in [-0.4, -0.2) is 5.09 Å². The van der Waals surface area contributed by atoms with Crippen molar-refractivity contribution in [2.75, 3.05) is 0 Å². The van der Waals surface area contributed by atoms with Gasteiger partial charge in [0, 0.05) is 0 Å². The maximum Gasteiger partial charge on any atom is 0.304 e. The smallest absolute Gasteiger partial charge is 0.246 e. The van der Waals surface area contributed by atoms with Gasteiger partial charge in [-0.25, -0.2) is 3.17 Å². The van der Waals surface area contributed by atoms with E-state index >= 15 is 0 Å². The van der Waals surface area contributed by atoms with Gasteiger partial charge in [-0.2, -0.15) is 0 Å². The van der Waals surface area contributed by atoms with Gasteiger partial charge in [-0.15, -0.1) is 10.1 Å². The maximum absolute atomic E-state index is 8.94. The topological polar surface area (TPSA) is 52.4 Å². The van der Waals surface area contributed by atoms with Gasteiger partial charge in [-0.3, -0.25) is 0 Å². The van der Waals surface area contributed by atoms with E-state index in [1.54, 1.807) is 0 Å². The van der Waals surface area contributed by atoms with Crippen LogP contribution in [0.4, 0.5) is 0 Å². The quantitative estimate of drug-likeness (QED) is 0.343. The minimum absolute atomic E-state index is 0.888. The molecule has 30 valence electrons. The highest BCUT2D eigenvalue weighted by molar-refractivity contribution is 14.1. The van der Waals surface area contributed by atoms with Crippen LogP contribution in [0.25, 0.3) is 0 Å². The number of hydrogen-bond acceptors (Lipinski definition) is 3. The van der Waals surface area contributed by atoms with E-state index in [4.69, 9.17) is 10.1 Å². The molecular weight excluding hydrogens is 189 g/mol. The molecular formula is INO3. The summed E-state index contributed by atoms with van der Waals surface area (Å²) in [6.45, 7) is 0. The molecule has 0 aliphatic heterocycles. The Kier molecular flexibility index (Phi) is 2.15. The van der Waals surface area contributed by atoms with E-state index in [0.29, 0.717) is 0 Å². The minimum atomic E-state index is -0.888. The standard InChI is InChI=1S/INO3/c1-5-2(3)4. The Bertz CT molecular complexity index is 42.2. The molecule has 0 N–H and O–H groups in total. The molecule has 0 aliphatic rings. The molecule has 0 saturated carbocycles. The Balaban J connectivity index is 2.85. The molecule has 4 nitrogen and oxygen atoms in total. The second-order valence-electron chi connectivity index (χ2n) is 0.293. The Hall–Kier alpha value is -0.0700. The van der Waals surface area contributed by atoms with Crippen molar-refractivity contribution in [2.45, 2.75) is 0 Å². The molecule has 0 aromatic rings. The fourth-order valence-corrected chi connectivity index (χ4v) is 0. The zero-order chi connectivity index (χ0) is 4.28. The number of halogens is 1. The molecule has 5 heteroatoms. The van der Waals surface area contributed by atoms with E-state index in [9.17, 15) is 0 Å². The van der Waals surface area contributed by atoms with Crippen molar-refractivity contribution in [2.24, 2.45) is 0 Å². The molecule has 0 spiro atoms. The zero-order valence-electron chi connectivity index (χ0n) is 2.05. The molecule has 0 unspecified atom stereocenters. The fourth-order valence-electron chi connectivity index (χ4n) is 0. The molecule has 0 amide bonds. The van der Waals surface area contributed by atoms with Crippen molar-refractivity contribution in [1.82, 2.24) is 0 Å². The van der Waals surface area contributed by atoms with Crippen LogP contribution in [-0.2, 0) is 3.17 Å². The lowest BCUT2D eigenvalue weighted by atomic mass is 13.1. The Morgan fingerprint density at radius 3 is 2.20 bits per heavy atom. The average molecular weight is 189 g/mol. The minimum Gasteiger partial charge on any atom is -0.246 e. The van der Waals surface area contributed by atoms with Crippen molar-refractivity contribution in [3.8, 4) is 0 Å². The number of nitrogens with zero attached hydrogens (tertiary/aromatic N) is 1. The van der Waals surface area contributed by atoms with Crippen LogP contribution in [0.3, 0.4) is 0 Å². The molecule has 0 atom stereocenters. The van der Waals surface area contributed by atoms with E-state index in [1.807, 2.05) is 0 Å². The van der Waals surface area contributed by atoms with Crippen LogP contribution < -0.4 is 0 Å². The predicted octanol–water partition coefficient (Wildman–Crippen LogP) is 0.545. The normalized spacial score (nSPS) is 6.60. The van der Waals surface area contributed by atoms with Crippen molar-refractivity contribution in [3.05, 3.63) is 10.1 Å². The third kappa shape index (κ3) is 3.93. The predicted molar refractivity (Wildman–Crippen MR) is 22.1 cm³/mol. The molecule has 0 bridgehead atoms. The van der Waals surface area contributed by atoms with Crippen LogP contribution >= 0.6 is 23.0 Å². The van der Waals surface area contributed by atoms with Gasteiger partial charge in [-0.1, -0.05) is 0 Å². The van der Waals surface area contributed by atoms with Gasteiger partial charge in [0.15, 0.2) is 23.0 Å². The van der Waals surface area contributed by atoms with Gasteiger partial charge in [0.05, 0.1) is 0 Å². The molecule has 0 aromatic carbocycles. The van der Waals surface area contributed by atoms with Gasteiger partial charge in [0.1, 0.15) is 0 Å². The second kappa shape index (κ2) is 2.18. The largest absolute Gasteiger partial charge is 0.304 e. The second-order valence-corrected chi connectivity index (χ2v) is 0.687. The summed E-state index contributed by atoms with van der Waals surface area (Å²) < 4.78 is 3.44. The Labute approximate surface area is 41.9 Å². The number of rotatable bonds is 1. The molecule has 5 heavy (non-hydrogen) atoms. The lowest BCUT2D eigenvalue weighted by Crippen LogP contribution is -1.85. The monoisotopic (exact) mass is 189 g/mol. The third-order valence-electron chi connectivity index (χ3n) is 0.0563. The van der Waals surface area contributed by atoms with Crippen molar-refractivity contribution >= 4 is 23.0 Å². The molecule has 0 rings (SSSR count). The zero-order valence-corrected chi connectivity index (χ0v) is 4.21. The molecule has 0 radical (unpaired) electrons. The third-order valence-corrected chi connectivity index (χ3v) is 0.378. The SMILES string of the molecule is O=[N+]([O-])OI. The lowest BCUT2D eigenvalue weighted by molar-refractivity contribution is -0.693. The van der Waals surface area contributed by atoms with E-state index in [0.717, 1.165) is 0 Å². The lowest BCUT2D eigenvalue weighted by Gasteiger charge is -1.71. The average Bonchev–Trinajstić information content (AvgIpc) is 1.38. The summed E-state index contributed by atoms with van der Waals surface area (Å²) in [4.78, 5) is 8.94. The first-order valence-electron chi connectivity index (χ1n) is 0.702. The summed E-state index contributed by atoms with van der Waals surface area (Å²) >= 11 is 1.18. The number of hydrogen-bond donors (Lipinski definition) is 0. The van der Waals surface area contributed by atoms with E-state index in [2.05, 4.69) is 3.17 Å². The van der Waals surface area contributed by atoms with Gasteiger partial charge in [-0.05, 0) is 0 Å². The summed E-state index contributed by atoms with van der Waals surface area (Å²) in [7, 11) is 0. The van der Waals surface area contributed by atoms with Crippen LogP contribution in [0.15, 0.2) is 0 Å². The van der Waals surface area contributed by atoms with E-state index < -0.39 is 5.09 Å². The van der Waals surface area contributed by atoms with Crippen molar-refractivity contribution in [1.29, 1.82) is 0 Å². The highest BCUT2D eigenvalue weighted by atomic mass is 127. The summed E-state index contributed by atoms with van der Waals surface area (Å²) in [5.74, 6) is 0. The van der Waals surface area contributed by atoms with E-state index in [1.165, 1.54) is 23.0 Å². The first kappa shape index (κ1) is 4.93. The van der Waals surface area contributed by atoms with Crippen LogP contribution in [0.1, 0.15) is 0 Å². The van der Waals surface area contributed by atoms with Gasteiger partial charge >= 0.3 is 5.09 Å². The summed E-state index contributed by atoms with van der Waals surface area (Å²) in [6, 6.07) is 0. The van der Waals surface area contributed by atoms with Crippen molar-refractivity contribution in [3.63, 3.8) is 0 Å². The Morgan fingerprint density at radius 2 is 2.20 bits per heavy atom. The fraction of sp³-hybridized carbons (Fsp3) is 0. The van der Waals surface area contributed by atoms with Gasteiger partial charge in [0.2, 0.25) is 0 Å². The highest BCUT2D eigenvalue weighted by Crippen LogP contribution is 1.80. The molecule has 0 aliphatic carbocycles. The molecule has 0 aromatic heterocycles. The molecule has 0 saturated heterocycles. The first-order chi connectivity index (χ1) is 2.27.